The summed E-state index contributed by atoms with van der Waals surface area (Å²) in [4.78, 5) is 23.4. The molecule has 0 spiro atoms. The summed E-state index contributed by atoms with van der Waals surface area (Å²) in [7, 11) is 0. The maximum absolute atomic E-state index is 12.0. The standard InChI is InChI=1S/C12H21NO3S/c1-3-9(4-2)10(14)13-12(11(15)16)5-7-17-8-6-12/h9H,3-8H2,1-2H3,(H,13,14)(H,15,16). The Morgan fingerprint density at radius 1 is 1.29 bits per heavy atom. The summed E-state index contributed by atoms with van der Waals surface area (Å²) >= 11 is 1.75. The molecular formula is C12H21NO3S. The fraction of sp³-hybridized carbons (Fsp3) is 0.833. The van der Waals surface area contributed by atoms with Crippen LogP contribution in [0.1, 0.15) is 39.5 Å². The van der Waals surface area contributed by atoms with Crippen molar-refractivity contribution in [2.45, 2.75) is 45.1 Å². The molecule has 2 N–H and O–H groups in total. The SMILES string of the molecule is CCC(CC)C(=O)NC1(C(=O)O)CCSCC1. The largest absolute Gasteiger partial charge is 0.480 e. The first-order valence-corrected chi connectivity index (χ1v) is 7.34. The van der Waals surface area contributed by atoms with Crippen molar-refractivity contribution in [3.63, 3.8) is 0 Å². The number of hydrogen-bond acceptors (Lipinski definition) is 3. The highest BCUT2D eigenvalue weighted by molar-refractivity contribution is 7.99. The monoisotopic (exact) mass is 259 g/mol. The molecule has 4 nitrogen and oxygen atoms in total. The average Bonchev–Trinajstić information content (AvgIpc) is 2.31. The third-order valence-electron chi connectivity index (χ3n) is 3.47. The first-order valence-electron chi connectivity index (χ1n) is 6.19. The zero-order valence-electron chi connectivity index (χ0n) is 10.5. The van der Waals surface area contributed by atoms with E-state index in [2.05, 4.69) is 5.32 Å². The number of rotatable bonds is 5. The van der Waals surface area contributed by atoms with Gasteiger partial charge in [-0.1, -0.05) is 13.8 Å². The fourth-order valence-electron chi connectivity index (χ4n) is 2.11. The first kappa shape index (κ1) is 14.4. The predicted molar refractivity (Wildman–Crippen MR) is 69.1 cm³/mol. The Hall–Kier alpha value is -0.710. The van der Waals surface area contributed by atoms with Crippen LogP contribution in [-0.2, 0) is 9.59 Å². The van der Waals surface area contributed by atoms with Gasteiger partial charge in [0, 0.05) is 5.92 Å². The summed E-state index contributed by atoms with van der Waals surface area (Å²) in [5.74, 6) is 0.535. The summed E-state index contributed by atoms with van der Waals surface area (Å²) in [5, 5.41) is 12.1. The third-order valence-corrected chi connectivity index (χ3v) is 4.46. The maximum Gasteiger partial charge on any atom is 0.329 e. The summed E-state index contributed by atoms with van der Waals surface area (Å²) in [6.07, 6.45) is 2.57. The number of amides is 1. The van der Waals surface area contributed by atoms with Crippen molar-refractivity contribution in [2.24, 2.45) is 5.92 Å². The van der Waals surface area contributed by atoms with Crippen LogP contribution in [0.4, 0.5) is 0 Å². The molecule has 0 aromatic carbocycles. The molecule has 0 aliphatic carbocycles. The van der Waals surface area contributed by atoms with Gasteiger partial charge in [-0.3, -0.25) is 4.79 Å². The molecule has 1 fully saturated rings. The van der Waals surface area contributed by atoms with Gasteiger partial charge in [-0.05, 0) is 37.2 Å². The molecule has 0 unspecified atom stereocenters. The molecular weight excluding hydrogens is 238 g/mol. The fourth-order valence-corrected chi connectivity index (χ4v) is 3.30. The molecule has 0 bridgehead atoms. The number of hydrogen-bond donors (Lipinski definition) is 2. The van der Waals surface area contributed by atoms with Crippen LogP contribution in [0.2, 0.25) is 0 Å². The molecule has 1 amide bonds. The molecule has 17 heavy (non-hydrogen) atoms. The van der Waals surface area contributed by atoms with Gasteiger partial charge in [-0.2, -0.15) is 11.8 Å². The van der Waals surface area contributed by atoms with Gasteiger partial charge in [0.1, 0.15) is 5.54 Å². The molecule has 0 aromatic heterocycles. The second-order valence-electron chi connectivity index (χ2n) is 4.50. The van der Waals surface area contributed by atoms with Crippen LogP contribution in [0.5, 0.6) is 0 Å². The number of carbonyl (C=O) groups excluding carboxylic acids is 1. The van der Waals surface area contributed by atoms with Gasteiger partial charge in [0.15, 0.2) is 0 Å². The van der Waals surface area contributed by atoms with Gasteiger partial charge >= 0.3 is 5.97 Å². The smallest absolute Gasteiger partial charge is 0.329 e. The van der Waals surface area contributed by atoms with Gasteiger partial charge in [0.25, 0.3) is 0 Å². The molecule has 0 radical (unpaired) electrons. The number of thioether (sulfide) groups is 1. The van der Waals surface area contributed by atoms with Crippen molar-refractivity contribution in [2.75, 3.05) is 11.5 Å². The summed E-state index contributed by atoms with van der Waals surface area (Å²) in [6, 6.07) is 0. The molecule has 1 rings (SSSR count). The minimum Gasteiger partial charge on any atom is -0.480 e. The van der Waals surface area contributed by atoms with E-state index in [0.717, 1.165) is 24.3 Å². The molecule has 98 valence electrons. The first-order chi connectivity index (χ1) is 8.05. The lowest BCUT2D eigenvalue weighted by Gasteiger charge is -2.34. The Balaban J connectivity index is 2.73. The molecule has 1 aliphatic rings. The summed E-state index contributed by atoms with van der Waals surface area (Å²) in [5.41, 5.74) is -1.02. The van der Waals surface area contributed by atoms with Crippen LogP contribution in [0.3, 0.4) is 0 Å². The lowest BCUT2D eigenvalue weighted by molar-refractivity contribution is -0.148. The van der Waals surface area contributed by atoms with E-state index >= 15 is 0 Å². The van der Waals surface area contributed by atoms with Gasteiger partial charge in [-0.15, -0.1) is 0 Å². The van der Waals surface area contributed by atoms with E-state index in [9.17, 15) is 14.7 Å². The quantitative estimate of drug-likeness (QED) is 0.791. The van der Waals surface area contributed by atoms with E-state index in [0.29, 0.717) is 12.8 Å². The Bertz CT molecular complexity index is 283. The highest BCUT2D eigenvalue weighted by Crippen LogP contribution is 2.28. The summed E-state index contributed by atoms with van der Waals surface area (Å²) < 4.78 is 0. The minimum absolute atomic E-state index is 0.0687. The number of nitrogens with one attached hydrogen (secondary N) is 1. The van der Waals surface area contributed by atoms with E-state index in [-0.39, 0.29) is 11.8 Å². The van der Waals surface area contributed by atoms with Crippen molar-refractivity contribution in [1.29, 1.82) is 0 Å². The van der Waals surface area contributed by atoms with Crippen LogP contribution in [0.25, 0.3) is 0 Å². The molecule has 0 atom stereocenters. The van der Waals surface area contributed by atoms with Crippen molar-refractivity contribution >= 4 is 23.6 Å². The van der Waals surface area contributed by atoms with E-state index in [4.69, 9.17) is 0 Å². The Morgan fingerprint density at radius 3 is 2.24 bits per heavy atom. The van der Waals surface area contributed by atoms with E-state index in [1.54, 1.807) is 11.8 Å². The highest BCUT2D eigenvalue weighted by Gasteiger charge is 2.41. The second kappa shape index (κ2) is 6.28. The molecule has 1 aliphatic heterocycles. The molecule has 0 saturated carbocycles. The Kier molecular flexibility index (Phi) is 5.31. The lowest BCUT2D eigenvalue weighted by atomic mass is 9.90. The summed E-state index contributed by atoms with van der Waals surface area (Å²) in [6.45, 7) is 3.91. The molecule has 0 aromatic rings. The normalized spacial score (nSPS) is 19.0. The zero-order chi connectivity index (χ0) is 12.9. The van der Waals surface area contributed by atoms with Crippen molar-refractivity contribution in [1.82, 2.24) is 5.32 Å². The number of carboxylic acid groups (broad SMARTS) is 1. The maximum atomic E-state index is 12.0. The third kappa shape index (κ3) is 3.37. The number of carboxylic acids is 1. The Labute approximate surface area is 107 Å². The predicted octanol–water partition coefficient (Wildman–Crippen LogP) is 1.89. The van der Waals surface area contributed by atoms with Gasteiger partial charge in [0.05, 0.1) is 0 Å². The van der Waals surface area contributed by atoms with E-state index < -0.39 is 11.5 Å². The highest BCUT2D eigenvalue weighted by atomic mass is 32.2. The number of aliphatic carboxylic acids is 1. The molecule has 1 saturated heterocycles. The van der Waals surface area contributed by atoms with Crippen LogP contribution in [0.15, 0.2) is 0 Å². The van der Waals surface area contributed by atoms with Crippen molar-refractivity contribution < 1.29 is 14.7 Å². The Morgan fingerprint density at radius 2 is 1.82 bits per heavy atom. The zero-order valence-corrected chi connectivity index (χ0v) is 11.3. The average molecular weight is 259 g/mol. The van der Waals surface area contributed by atoms with Crippen LogP contribution >= 0.6 is 11.8 Å². The van der Waals surface area contributed by atoms with E-state index in [1.165, 1.54) is 0 Å². The van der Waals surface area contributed by atoms with Crippen LogP contribution < -0.4 is 5.32 Å². The van der Waals surface area contributed by atoms with Crippen LogP contribution in [-0.4, -0.2) is 34.0 Å². The second-order valence-corrected chi connectivity index (χ2v) is 5.73. The van der Waals surface area contributed by atoms with Gasteiger partial charge < -0.3 is 10.4 Å². The van der Waals surface area contributed by atoms with E-state index in [1.807, 2.05) is 13.8 Å². The molecule has 1 heterocycles. The lowest BCUT2D eigenvalue weighted by Crippen LogP contribution is -2.57. The van der Waals surface area contributed by atoms with Crippen molar-refractivity contribution in [3.8, 4) is 0 Å². The van der Waals surface area contributed by atoms with Crippen LogP contribution in [0, 0.1) is 5.92 Å². The van der Waals surface area contributed by atoms with Crippen molar-refractivity contribution in [3.05, 3.63) is 0 Å². The van der Waals surface area contributed by atoms with Gasteiger partial charge in [0.2, 0.25) is 5.91 Å². The minimum atomic E-state index is -1.02. The van der Waals surface area contributed by atoms with Gasteiger partial charge in [-0.25, -0.2) is 4.79 Å². The topological polar surface area (TPSA) is 66.4 Å². The molecule has 5 heteroatoms. The number of carbonyl (C=O) groups is 2.